The average Bonchev–Trinajstić information content (AvgIpc) is 2.45. The Morgan fingerprint density at radius 2 is 1.50 bits per heavy atom. The normalized spacial score (nSPS) is 10.0. The first kappa shape index (κ1) is 12.3. The molecule has 0 fully saturated rings. The summed E-state index contributed by atoms with van der Waals surface area (Å²) >= 11 is 0. The highest BCUT2D eigenvalue weighted by Crippen LogP contribution is 2.03. The van der Waals surface area contributed by atoms with Crippen LogP contribution in [0.5, 0.6) is 0 Å². The molecule has 2 rings (SSSR count). The summed E-state index contributed by atoms with van der Waals surface area (Å²) in [4.78, 5) is 21.1. The Morgan fingerprint density at radius 1 is 0.889 bits per heavy atom. The molecule has 92 valence electrons. The van der Waals surface area contributed by atoms with Gasteiger partial charge >= 0.3 is 5.97 Å². The Labute approximate surface area is 106 Å². The Balaban J connectivity index is 1.72. The van der Waals surface area contributed by atoms with E-state index in [1.54, 1.807) is 24.3 Å². The third kappa shape index (κ3) is 3.71. The summed E-state index contributed by atoms with van der Waals surface area (Å²) in [6, 6.07) is 18.7. The van der Waals surface area contributed by atoms with E-state index in [9.17, 15) is 4.79 Å². The number of carbonyl (C=O) groups excluding carboxylic acids is 1. The first-order valence-corrected chi connectivity index (χ1v) is 5.79. The van der Waals surface area contributed by atoms with Crippen LogP contribution in [0.3, 0.4) is 0 Å². The van der Waals surface area contributed by atoms with E-state index in [0.717, 1.165) is 5.56 Å². The molecule has 0 amide bonds. The van der Waals surface area contributed by atoms with E-state index in [4.69, 9.17) is 9.78 Å². The van der Waals surface area contributed by atoms with Gasteiger partial charge in [0.2, 0.25) is 0 Å². The summed E-state index contributed by atoms with van der Waals surface area (Å²) in [7, 11) is 0. The molecule has 0 saturated carbocycles. The van der Waals surface area contributed by atoms with Crippen LogP contribution in [0.15, 0.2) is 60.7 Å². The Bertz CT molecular complexity index is 480. The van der Waals surface area contributed by atoms with Gasteiger partial charge in [-0.3, -0.25) is 4.89 Å². The van der Waals surface area contributed by atoms with Crippen LogP contribution in [0, 0.1) is 0 Å². The van der Waals surface area contributed by atoms with Crippen molar-refractivity contribution in [2.75, 3.05) is 6.61 Å². The summed E-state index contributed by atoms with van der Waals surface area (Å²) in [6.07, 6.45) is 0.711. The molecule has 0 bridgehead atoms. The zero-order valence-corrected chi connectivity index (χ0v) is 9.91. The maximum atomic E-state index is 11.5. The van der Waals surface area contributed by atoms with Gasteiger partial charge in [0.15, 0.2) is 0 Å². The van der Waals surface area contributed by atoms with Crippen molar-refractivity contribution in [3.8, 4) is 0 Å². The Kier molecular flexibility index (Phi) is 4.50. The van der Waals surface area contributed by atoms with Crippen LogP contribution in [0.4, 0.5) is 0 Å². The Morgan fingerprint density at radius 3 is 2.17 bits per heavy atom. The third-order valence-corrected chi connectivity index (χ3v) is 2.46. The predicted octanol–water partition coefficient (Wildman–Crippen LogP) is 3.02. The van der Waals surface area contributed by atoms with Gasteiger partial charge in [-0.1, -0.05) is 48.5 Å². The molecular formula is C15H14O3. The lowest BCUT2D eigenvalue weighted by molar-refractivity contribution is -0.239. The van der Waals surface area contributed by atoms with Crippen LogP contribution in [0.1, 0.15) is 15.9 Å². The van der Waals surface area contributed by atoms with Gasteiger partial charge in [-0.25, -0.2) is 4.79 Å². The van der Waals surface area contributed by atoms with Crippen LogP contribution in [0.2, 0.25) is 0 Å². The van der Waals surface area contributed by atoms with E-state index in [-0.39, 0.29) is 0 Å². The third-order valence-electron chi connectivity index (χ3n) is 2.46. The lowest BCUT2D eigenvalue weighted by Crippen LogP contribution is -2.07. The molecule has 0 heterocycles. The van der Waals surface area contributed by atoms with Crippen LogP contribution in [-0.4, -0.2) is 12.6 Å². The highest BCUT2D eigenvalue weighted by molar-refractivity contribution is 5.88. The van der Waals surface area contributed by atoms with E-state index in [1.165, 1.54) is 0 Å². The Hall–Kier alpha value is -2.13. The van der Waals surface area contributed by atoms with Gasteiger partial charge in [-0.15, -0.1) is 0 Å². The second-order valence-corrected chi connectivity index (χ2v) is 3.79. The summed E-state index contributed by atoms with van der Waals surface area (Å²) in [5.74, 6) is -0.469. The van der Waals surface area contributed by atoms with E-state index in [1.807, 2.05) is 36.4 Å². The molecule has 3 nitrogen and oxygen atoms in total. The van der Waals surface area contributed by atoms with Gasteiger partial charge in [0.25, 0.3) is 0 Å². The lowest BCUT2D eigenvalue weighted by Gasteiger charge is -2.03. The SMILES string of the molecule is O=C(OOCCc1ccccc1)c1ccccc1. The fourth-order valence-corrected chi connectivity index (χ4v) is 1.52. The highest BCUT2D eigenvalue weighted by atomic mass is 17.2. The predicted molar refractivity (Wildman–Crippen MR) is 68.0 cm³/mol. The van der Waals surface area contributed by atoms with Gasteiger partial charge in [0.1, 0.15) is 0 Å². The first-order valence-electron chi connectivity index (χ1n) is 5.79. The second-order valence-electron chi connectivity index (χ2n) is 3.79. The smallest absolute Gasteiger partial charge is 0.293 e. The van der Waals surface area contributed by atoms with Crippen molar-refractivity contribution in [1.29, 1.82) is 0 Å². The van der Waals surface area contributed by atoms with Crippen LogP contribution in [0.25, 0.3) is 0 Å². The highest BCUT2D eigenvalue weighted by Gasteiger charge is 2.06. The van der Waals surface area contributed by atoms with Gasteiger partial charge in [0.05, 0.1) is 12.2 Å². The lowest BCUT2D eigenvalue weighted by atomic mass is 10.2. The van der Waals surface area contributed by atoms with E-state index < -0.39 is 5.97 Å². The molecule has 0 aromatic heterocycles. The number of benzene rings is 2. The minimum absolute atomic E-state index is 0.350. The zero-order valence-electron chi connectivity index (χ0n) is 9.91. The standard InChI is InChI=1S/C15H14O3/c16-15(14-9-5-2-6-10-14)18-17-12-11-13-7-3-1-4-8-13/h1-10H,11-12H2. The molecule has 0 N–H and O–H groups in total. The van der Waals surface area contributed by atoms with E-state index >= 15 is 0 Å². The number of carbonyl (C=O) groups is 1. The van der Waals surface area contributed by atoms with E-state index in [0.29, 0.717) is 18.6 Å². The molecule has 0 aliphatic rings. The first-order chi connectivity index (χ1) is 8.86. The molecule has 2 aromatic carbocycles. The molecule has 18 heavy (non-hydrogen) atoms. The van der Waals surface area contributed by atoms with Crippen molar-refractivity contribution in [2.45, 2.75) is 6.42 Å². The van der Waals surface area contributed by atoms with Gasteiger partial charge in [-0.05, 0) is 24.1 Å². The van der Waals surface area contributed by atoms with Gasteiger partial charge in [0, 0.05) is 0 Å². The molecule has 0 unspecified atom stereocenters. The summed E-state index contributed by atoms with van der Waals surface area (Å²) in [6.45, 7) is 0.350. The summed E-state index contributed by atoms with van der Waals surface area (Å²) in [5.41, 5.74) is 1.63. The van der Waals surface area contributed by atoms with Gasteiger partial charge in [-0.2, -0.15) is 4.89 Å². The van der Waals surface area contributed by atoms with Crippen molar-refractivity contribution in [1.82, 2.24) is 0 Å². The quantitative estimate of drug-likeness (QED) is 0.459. The van der Waals surface area contributed by atoms with Crippen molar-refractivity contribution < 1.29 is 14.6 Å². The molecule has 0 aliphatic heterocycles. The number of hydrogen-bond donors (Lipinski definition) is 0. The summed E-state index contributed by atoms with van der Waals surface area (Å²) in [5, 5.41) is 0. The van der Waals surface area contributed by atoms with Crippen molar-refractivity contribution in [3.63, 3.8) is 0 Å². The summed E-state index contributed by atoms with van der Waals surface area (Å²) < 4.78 is 0. The average molecular weight is 242 g/mol. The maximum Gasteiger partial charge on any atom is 0.373 e. The largest absolute Gasteiger partial charge is 0.373 e. The topological polar surface area (TPSA) is 35.5 Å². The van der Waals surface area contributed by atoms with Crippen molar-refractivity contribution in [3.05, 3.63) is 71.8 Å². The minimum Gasteiger partial charge on any atom is -0.293 e. The molecule has 0 aliphatic carbocycles. The maximum absolute atomic E-state index is 11.5. The van der Waals surface area contributed by atoms with Gasteiger partial charge < -0.3 is 0 Å². The van der Waals surface area contributed by atoms with E-state index in [2.05, 4.69) is 0 Å². The van der Waals surface area contributed by atoms with Crippen LogP contribution < -0.4 is 0 Å². The fourth-order valence-electron chi connectivity index (χ4n) is 1.52. The molecule has 0 saturated heterocycles. The van der Waals surface area contributed by atoms with Crippen LogP contribution in [-0.2, 0) is 16.2 Å². The van der Waals surface area contributed by atoms with Crippen molar-refractivity contribution in [2.24, 2.45) is 0 Å². The molecule has 2 aromatic rings. The molecule has 0 radical (unpaired) electrons. The molecule has 0 spiro atoms. The molecular weight excluding hydrogens is 228 g/mol. The number of rotatable bonds is 5. The zero-order chi connectivity index (χ0) is 12.6. The minimum atomic E-state index is -0.469. The number of hydrogen-bond acceptors (Lipinski definition) is 3. The fraction of sp³-hybridized carbons (Fsp3) is 0.133. The van der Waals surface area contributed by atoms with Crippen LogP contribution >= 0.6 is 0 Å². The molecule has 0 atom stereocenters. The second kappa shape index (κ2) is 6.57. The van der Waals surface area contributed by atoms with Crippen molar-refractivity contribution >= 4 is 5.97 Å². The monoisotopic (exact) mass is 242 g/mol. The molecule has 3 heteroatoms.